The summed E-state index contributed by atoms with van der Waals surface area (Å²) < 4.78 is 0. The van der Waals surface area contributed by atoms with Gasteiger partial charge < -0.3 is 10.4 Å². The molecule has 0 saturated carbocycles. The lowest BCUT2D eigenvalue weighted by atomic mass is 10.0. The molecule has 0 fully saturated rings. The molecule has 0 aliphatic heterocycles. The molecule has 0 aliphatic carbocycles. The summed E-state index contributed by atoms with van der Waals surface area (Å²) in [4.78, 5) is 0. The molecule has 128 valence electrons. The fourth-order valence-electron chi connectivity index (χ4n) is 2.68. The third kappa shape index (κ3) is 7.31. The average Bonchev–Trinajstić information content (AvgIpc) is 2.59. The van der Waals surface area contributed by atoms with E-state index in [1.807, 2.05) is 24.3 Å². The van der Waals surface area contributed by atoms with E-state index in [1.54, 1.807) is 6.92 Å². The van der Waals surface area contributed by atoms with Crippen LogP contribution < -0.4 is 0 Å². The summed E-state index contributed by atoms with van der Waals surface area (Å²) in [6.45, 7) is 3.85. The van der Waals surface area contributed by atoms with Crippen LogP contribution in [0.25, 0.3) is 0 Å². The number of benzene rings is 1. The average molecular weight is 318 g/mol. The molecule has 0 saturated heterocycles. The number of unbranched alkanes of at least 4 members (excludes halogenated alkanes) is 7. The molecule has 0 aromatic heterocycles. The van der Waals surface area contributed by atoms with Gasteiger partial charge in [0, 0.05) is 5.56 Å². The summed E-state index contributed by atoms with van der Waals surface area (Å²) in [6, 6.07) is 7.91. The van der Waals surface area contributed by atoms with Gasteiger partial charge in [0.15, 0.2) is 0 Å². The maximum absolute atomic E-state index is 9.02. The van der Waals surface area contributed by atoms with Crippen molar-refractivity contribution in [1.29, 1.82) is 0 Å². The maximum Gasteiger partial charge on any atom is 0.134 e. The first-order valence-corrected chi connectivity index (χ1v) is 8.73. The van der Waals surface area contributed by atoms with Gasteiger partial charge in [-0.15, -0.1) is 0 Å². The Kier molecular flexibility index (Phi) is 9.76. The summed E-state index contributed by atoms with van der Waals surface area (Å²) in [6.07, 6.45) is 11.7. The lowest BCUT2D eigenvalue weighted by Crippen LogP contribution is -2.12. The van der Waals surface area contributed by atoms with Gasteiger partial charge in [0.05, 0.1) is 0 Å². The molecule has 0 heterocycles. The molecule has 0 amide bonds. The van der Waals surface area contributed by atoms with Crippen LogP contribution in [-0.4, -0.2) is 21.8 Å². The molecule has 23 heavy (non-hydrogen) atoms. The Morgan fingerprint density at radius 1 is 0.826 bits per heavy atom. The van der Waals surface area contributed by atoms with Crippen molar-refractivity contribution < 1.29 is 10.4 Å². The molecular weight excluding hydrogens is 288 g/mol. The highest BCUT2D eigenvalue weighted by Crippen LogP contribution is 2.13. The number of nitrogens with zero attached hydrogens (tertiary/aromatic N) is 2. The van der Waals surface area contributed by atoms with Crippen molar-refractivity contribution in [3.8, 4) is 0 Å². The summed E-state index contributed by atoms with van der Waals surface area (Å²) in [5.74, 6) is 0. The van der Waals surface area contributed by atoms with Crippen molar-refractivity contribution in [3.63, 3.8) is 0 Å². The second-order valence-corrected chi connectivity index (χ2v) is 6.06. The fraction of sp³-hybridized carbons (Fsp3) is 0.579. The SMILES string of the molecule is CCCCCCCCCCc1ccc(C(=N/O)/C(C)=N\O)cc1. The summed E-state index contributed by atoms with van der Waals surface area (Å²) >= 11 is 0. The number of hydrogen-bond acceptors (Lipinski definition) is 4. The second-order valence-electron chi connectivity index (χ2n) is 6.06. The van der Waals surface area contributed by atoms with E-state index in [0.717, 1.165) is 12.0 Å². The van der Waals surface area contributed by atoms with E-state index < -0.39 is 0 Å². The van der Waals surface area contributed by atoms with Crippen LogP contribution in [-0.2, 0) is 6.42 Å². The van der Waals surface area contributed by atoms with Gasteiger partial charge in [-0.25, -0.2) is 0 Å². The Bertz CT molecular complexity index is 493. The van der Waals surface area contributed by atoms with Gasteiger partial charge in [0.25, 0.3) is 0 Å². The third-order valence-electron chi connectivity index (χ3n) is 4.14. The van der Waals surface area contributed by atoms with Crippen LogP contribution in [0.4, 0.5) is 0 Å². The summed E-state index contributed by atoms with van der Waals surface area (Å²) in [7, 11) is 0. The van der Waals surface area contributed by atoms with Crippen molar-refractivity contribution in [2.45, 2.75) is 71.6 Å². The lowest BCUT2D eigenvalue weighted by molar-refractivity contribution is 0.314. The van der Waals surface area contributed by atoms with Gasteiger partial charge in [-0.3, -0.25) is 0 Å². The molecule has 0 unspecified atom stereocenters. The van der Waals surface area contributed by atoms with Crippen molar-refractivity contribution in [2.24, 2.45) is 10.3 Å². The molecule has 4 heteroatoms. The topological polar surface area (TPSA) is 65.2 Å². The van der Waals surface area contributed by atoms with E-state index in [2.05, 4.69) is 17.2 Å². The van der Waals surface area contributed by atoms with Gasteiger partial charge >= 0.3 is 0 Å². The largest absolute Gasteiger partial charge is 0.411 e. The first-order chi connectivity index (χ1) is 11.2. The molecule has 0 radical (unpaired) electrons. The number of aryl methyl sites for hydroxylation is 1. The predicted octanol–water partition coefficient (Wildman–Crippen LogP) is 5.40. The van der Waals surface area contributed by atoms with Crippen LogP contribution in [0.2, 0.25) is 0 Å². The normalized spacial score (nSPS) is 12.6. The number of hydrogen-bond donors (Lipinski definition) is 2. The van der Waals surface area contributed by atoms with E-state index in [4.69, 9.17) is 10.4 Å². The van der Waals surface area contributed by atoms with Gasteiger partial charge in [0.1, 0.15) is 11.4 Å². The highest BCUT2D eigenvalue weighted by atomic mass is 16.4. The Morgan fingerprint density at radius 3 is 1.91 bits per heavy atom. The van der Waals surface area contributed by atoms with E-state index in [1.165, 1.54) is 56.9 Å². The molecule has 4 nitrogen and oxygen atoms in total. The number of oxime groups is 2. The predicted molar refractivity (Wildman–Crippen MR) is 96.0 cm³/mol. The quantitative estimate of drug-likeness (QED) is 0.248. The minimum atomic E-state index is 0.295. The van der Waals surface area contributed by atoms with Crippen molar-refractivity contribution in [2.75, 3.05) is 0 Å². The van der Waals surface area contributed by atoms with Gasteiger partial charge in [-0.2, -0.15) is 0 Å². The highest BCUT2D eigenvalue weighted by molar-refractivity contribution is 6.47. The Hall–Kier alpha value is -1.84. The van der Waals surface area contributed by atoms with Gasteiger partial charge in [-0.1, -0.05) is 86.4 Å². The van der Waals surface area contributed by atoms with Gasteiger partial charge in [-0.05, 0) is 25.3 Å². The van der Waals surface area contributed by atoms with Crippen LogP contribution >= 0.6 is 0 Å². The van der Waals surface area contributed by atoms with E-state index in [-0.39, 0.29) is 0 Å². The first-order valence-electron chi connectivity index (χ1n) is 8.73. The Morgan fingerprint density at radius 2 is 1.39 bits per heavy atom. The molecule has 1 aromatic carbocycles. The highest BCUT2D eigenvalue weighted by Gasteiger charge is 2.08. The van der Waals surface area contributed by atoms with Crippen molar-refractivity contribution in [3.05, 3.63) is 35.4 Å². The van der Waals surface area contributed by atoms with Crippen LogP contribution in [0.1, 0.15) is 76.3 Å². The monoisotopic (exact) mass is 318 g/mol. The third-order valence-corrected chi connectivity index (χ3v) is 4.14. The van der Waals surface area contributed by atoms with Crippen molar-refractivity contribution >= 4 is 11.4 Å². The standard InChI is InChI=1S/C19H30N2O2/c1-3-4-5-6-7-8-9-10-11-17-12-14-18(15-13-17)19(21-23)16(2)20-22/h12-15,22-23H,3-11H2,1-2H3/b20-16-,21-19+. The van der Waals surface area contributed by atoms with Crippen LogP contribution in [0.15, 0.2) is 34.6 Å². The molecule has 0 atom stereocenters. The zero-order valence-corrected chi connectivity index (χ0v) is 14.5. The zero-order chi connectivity index (χ0) is 16.9. The molecule has 0 spiro atoms. The van der Waals surface area contributed by atoms with Crippen LogP contribution in [0.5, 0.6) is 0 Å². The summed E-state index contributed by atoms with van der Waals surface area (Å²) in [5, 5.41) is 24.1. The van der Waals surface area contributed by atoms with Crippen LogP contribution in [0, 0.1) is 0 Å². The molecule has 0 bridgehead atoms. The Balaban J connectivity index is 2.32. The molecule has 1 aromatic rings. The molecular formula is C19H30N2O2. The smallest absolute Gasteiger partial charge is 0.134 e. The van der Waals surface area contributed by atoms with E-state index >= 15 is 0 Å². The van der Waals surface area contributed by atoms with Crippen molar-refractivity contribution in [1.82, 2.24) is 0 Å². The number of rotatable bonds is 11. The van der Waals surface area contributed by atoms with E-state index in [0.29, 0.717) is 11.4 Å². The summed E-state index contributed by atoms with van der Waals surface area (Å²) in [5.41, 5.74) is 2.63. The fourth-order valence-corrected chi connectivity index (χ4v) is 2.68. The minimum Gasteiger partial charge on any atom is -0.411 e. The van der Waals surface area contributed by atoms with E-state index in [9.17, 15) is 0 Å². The molecule has 1 rings (SSSR count). The first kappa shape index (κ1) is 19.2. The van der Waals surface area contributed by atoms with Gasteiger partial charge in [0.2, 0.25) is 0 Å². The zero-order valence-electron chi connectivity index (χ0n) is 14.5. The molecule has 0 aliphatic rings. The lowest BCUT2D eigenvalue weighted by Gasteiger charge is -2.06. The second kappa shape index (κ2) is 11.7. The Labute approximate surface area is 139 Å². The maximum atomic E-state index is 9.02. The molecule has 2 N–H and O–H groups in total. The van der Waals surface area contributed by atoms with Crippen LogP contribution in [0.3, 0.4) is 0 Å². The minimum absolute atomic E-state index is 0.295.